The number of rotatable bonds is 5. The van der Waals surface area contributed by atoms with Crippen molar-refractivity contribution < 1.29 is 14.3 Å². The standard InChI is InChI=1S/C20H23N3O3/c1-26-18-7-3-2-6-17(18)22-20(25)21-16-10-8-15(9-11-16)14-19(24)23-12-4-5-13-23/h2-3,6-11H,4-5,12-14H2,1H3,(H2,21,22,25). The van der Waals surface area contributed by atoms with Crippen molar-refractivity contribution >= 4 is 23.3 Å². The van der Waals surface area contributed by atoms with Gasteiger partial charge in [0.25, 0.3) is 0 Å². The average Bonchev–Trinajstić information content (AvgIpc) is 3.18. The molecular weight excluding hydrogens is 330 g/mol. The third-order valence-electron chi connectivity index (χ3n) is 4.38. The van der Waals surface area contributed by atoms with Crippen LogP contribution in [0.1, 0.15) is 18.4 Å². The topological polar surface area (TPSA) is 70.7 Å². The predicted octanol–water partition coefficient (Wildman–Crippen LogP) is 3.50. The van der Waals surface area contributed by atoms with Gasteiger partial charge in [-0.1, -0.05) is 24.3 Å². The molecule has 1 saturated heterocycles. The lowest BCUT2D eigenvalue weighted by Gasteiger charge is -2.15. The first-order valence-corrected chi connectivity index (χ1v) is 8.73. The van der Waals surface area contributed by atoms with Gasteiger partial charge in [0.2, 0.25) is 5.91 Å². The number of methoxy groups -OCH3 is 1. The molecule has 0 radical (unpaired) electrons. The fourth-order valence-corrected chi connectivity index (χ4v) is 2.99. The molecule has 1 heterocycles. The lowest BCUT2D eigenvalue weighted by atomic mass is 10.1. The Hall–Kier alpha value is -3.02. The minimum absolute atomic E-state index is 0.164. The Kier molecular flexibility index (Phi) is 5.73. The first kappa shape index (κ1) is 17.8. The molecule has 2 aromatic carbocycles. The number of carbonyl (C=O) groups excluding carboxylic acids is 2. The summed E-state index contributed by atoms with van der Waals surface area (Å²) in [4.78, 5) is 26.2. The normalized spacial score (nSPS) is 13.3. The molecular formula is C20H23N3O3. The summed E-state index contributed by atoms with van der Waals surface area (Å²) in [7, 11) is 1.56. The number of ether oxygens (including phenoxy) is 1. The molecule has 1 aliphatic heterocycles. The molecule has 26 heavy (non-hydrogen) atoms. The van der Waals surface area contributed by atoms with Gasteiger partial charge in [-0.25, -0.2) is 4.79 Å². The number of para-hydroxylation sites is 2. The first-order chi connectivity index (χ1) is 12.7. The Balaban J connectivity index is 1.55. The van der Waals surface area contributed by atoms with Crippen LogP contribution in [0.2, 0.25) is 0 Å². The van der Waals surface area contributed by atoms with Crippen LogP contribution in [0, 0.1) is 0 Å². The summed E-state index contributed by atoms with van der Waals surface area (Å²) in [5.41, 5.74) is 2.20. The molecule has 0 atom stereocenters. The Morgan fingerprint density at radius 2 is 1.69 bits per heavy atom. The zero-order valence-corrected chi connectivity index (χ0v) is 14.8. The molecule has 0 saturated carbocycles. The number of carbonyl (C=O) groups is 2. The molecule has 3 rings (SSSR count). The van der Waals surface area contributed by atoms with E-state index >= 15 is 0 Å². The van der Waals surface area contributed by atoms with Crippen LogP contribution in [-0.2, 0) is 11.2 Å². The number of hydrogen-bond acceptors (Lipinski definition) is 3. The minimum Gasteiger partial charge on any atom is -0.495 e. The van der Waals surface area contributed by atoms with Gasteiger partial charge in [-0.15, -0.1) is 0 Å². The fourth-order valence-electron chi connectivity index (χ4n) is 2.99. The van der Waals surface area contributed by atoms with E-state index in [1.165, 1.54) is 0 Å². The number of anilines is 2. The molecule has 6 heteroatoms. The smallest absolute Gasteiger partial charge is 0.323 e. The van der Waals surface area contributed by atoms with E-state index in [0.717, 1.165) is 31.5 Å². The maximum atomic E-state index is 12.2. The number of benzene rings is 2. The highest BCUT2D eigenvalue weighted by atomic mass is 16.5. The van der Waals surface area contributed by atoms with Gasteiger partial charge in [0.05, 0.1) is 19.2 Å². The first-order valence-electron chi connectivity index (χ1n) is 8.73. The summed E-state index contributed by atoms with van der Waals surface area (Å²) in [5.74, 6) is 0.760. The second-order valence-electron chi connectivity index (χ2n) is 6.24. The maximum Gasteiger partial charge on any atom is 0.323 e. The highest BCUT2D eigenvalue weighted by molar-refractivity contribution is 6.00. The zero-order valence-electron chi connectivity index (χ0n) is 14.8. The second kappa shape index (κ2) is 8.38. The van der Waals surface area contributed by atoms with Crippen molar-refractivity contribution in [1.29, 1.82) is 0 Å². The van der Waals surface area contributed by atoms with E-state index in [1.807, 2.05) is 29.2 Å². The maximum absolute atomic E-state index is 12.2. The zero-order chi connectivity index (χ0) is 18.4. The third-order valence-corrected chi connectivity index (χ3v) is 4.38. The molecule has 0 unspecified atom stereocenters. The van der Waals surface area contributed by atoms with Crippen LogP contribution >= 0.6 is 0 Å². The van der Waals surface area contributed by atoms with Crippen LogP contribution < -0.4 is 15.4 Å². The monoisotopic (exact) mass is 353 g/mol. The molecule has 0 aliphatic carbocycles. The van der Waals surface area contributed by atoms with Crippen molar-refractivity contribution in [3.63, 3.8) is 0 Å². The Morgan fingerprint density at radius 3 is 2.38 bits per heavy atom. The average molecular weight is 353 g/mol. The van der Waals surface area contributed by atoms with Crippen LogP contribution in [0.3, 0.4) is 0 Å². The molecule has 2 N–H and O–H groups in total. The van der Waals surface area contributed by atoms with E-state index in [9.17, 15) is 9.59 Å². The molecule has 0 bridgehead atoms. The summed E-state index contributed by atoms with van der Waals surface area (Å²) in [5, 5.41) is 5.53. The SMILES string of the molecule is COc1ccccc1NC(=O)Nc1ccc(CC(=O)N2CCCC2)cc1. The number of hydrogen-bond donors (Lipinski definition) is 2. The molecule has 0 aromatic heterocycles. The third kappa shape index (κ3) is 4.53. The van der Waals surface area contributed by atoms with Gasteiger partial charge in [0.1, 0.15) is 5.75 Å². The second-order valence-corrected chi connectivity index (χ2v) is 6.24. The minimum atomic E-state index is -0.351. The number of amides is 3. The molecule has 1 aliphatic rings. The largest absolute Gasteiger partial charge is 0.495 e. The van der Waals surface area contributed by atoms with Gasteiger partial charge in [-0.3, -0.25) is 4.79 Å². The Morgan fingerprint density at radius 1 is 1.00 bits per heavy atom. The highest BCUT2D eigenvalue weighted by Crippen LogP contribution is 2.23. The molecule has 6 nitrogen and oxygen atoms in total. The van der Waals surface area contributed by atoms with Crippen LogP contribution in [-0.4, -0.2) is 37.0 Å². The summed E-state index contributed by atoms with van der Waals surface area (Å²) in [6, 6.07) is 14.2. The van der Waals surface area contributed by atoms with E-state index in [4.69, 9.17) is 4.74 Å². The number of likely N-dealkylation sites (tertiary alicyclic amines) is 1. The van der Waals surface area contributed by atoms with Gasteiger partial charge in [-0.2, -0.15) is 0 Å². The van der Waals surface area contributed by atoms with Crippen LogP contribution in [0.4, 0.5) is 16.2 Å². The van der Waals surface area contributed by atoms with E-state index in [1.54, 1.807) is 31.4 Å². The highest BCUT2D eigenvalue weighted by Gasteiger charge is 2.17. The number of nitrogens with one attached hydrogen (secondary N) is 2. The Bertz CT molecular complexity index is 768. The molecule has 0 spiro atoms. The van der Waals surface area contributed by atoms with E-state index in [2.05, 4.69) is 10.6 Å². The van der Waals surface area contributed by atoms with E-state index < -0.39 is 0 Å². The van der Waals surface area contributed by atoms with Crippen LogP contribution in [0.25, 0.3) is 0 Å². The molecule has 3 amide bonds. The van der Waals surface area contributed by atoms with E-state index in [-0.39, 0.29) is 11.9 Å². The lowest BCUT2D eigenvalue weighted by Crippen LogP contribution is -2.29. The van der Waals surface area contributed by atoms with Crippen molar-refractivity contribution in [3.05, 3.63) is 54.1 Å². The molecule has 136 valence electrons. The van der Waals surface area contributed by atoms with Gasteiger partial charge < -0.3 is 20.3 Å². The van der Waals surface area contributed by atoms with Crippen LogP contribution in [0.15, 0.2) is 48.5 Å². The Labute approximate surface area is 153 Å². The quantitative estimate of drug-likeness (QED) is 0.864. The fraction of sp³-hybridized carbons (Fsp3) is 0.300. The van der Waals surface area contributed by atoms with Gasteiger partial charge in [0.15, 0.2) is 0 Å². The van der Waals surface area contributed by atoms with E-state index in [0.29, 0.717) is 23.5 Å². The van der Waals surface area contributed by atoms with Crippen molar-refractivity contribution in [1.82, 2.24) is 4.90 Å². The van der Waals surface area contributed by atoms with Crippen molar-refractivity contribution in [2.24, 2.45) is 0 Å². The van der Waals surface area contributed by atoms with Crippen LogP contribution in [0.5, 0.6) is 5.75 Å². The predicted molar refractivity (Wildman–Crippen MR) is 102 cm³/mol. The van der Waals surface area contributed by atoms with Gasteiger partial charge in [-0.05, 0) is 42.7 Å². The van der Waals surface area contributed by atoms with Gasteiger partial charge >= 0.3 is 6.03 Å². The summed E-state index contributed by atoms with van der Waals surface area (Å²) in [6.07, 6.45) is 2.58. The van der Waals surface area contributed by atoms with Crippen molar-refractivity contribution in [3.8, 4) is 5.75 Å². The molecule has 1 fully saturated rings. The summed E-state index contributed by atoms with van der Waals surface area (Å²) < 4.78 is 5.21. The lowest BCUT2D eigenvalue weighted by molar-refractivity contribution is -0.129. The number of urea groups is 1. The summed E-state index contributed by atoms with van der Waals surface area (Å²) in [6.45, 7) is 1.73. The van der Waals surface area contributed by atoms with Crippen molar-refractivity contribution in [2.75, 3.05) is 30.8 Å². The number of nitrogens with zero attached hydrogens (tertiary/aromatic N) is 1. The molecule has 2 aromatic rings. The summed E-state index contributed by atoms with van der Waals surface area (Å²) >= 11 is 0. The van der Waals surface area contributed by atoms with Crippen molar-refractivity contribution in [2.45, 2.75) is 19.3 Å². The van der Waals surface area contributed by atoms with Gasteiger partial charge in [0, 0.05) is 18.8 Å².